The number of rotatable bonds is 4. The molecule has 0 saturated carbocycles. The van der Waals surface area contributed by atoms with Gasteiger partial charge in [0.15, 0.2) is 0 Å². The molecule has 0 amide bonds. The lowest BCUT2D eigenvalue weighted by molar-refractivity contribution is 0.196. The van der Waals surface area contributed by atoms with Crippen LogP contribution in [0.2, 0.25) is 0 Å². The molecule has 0 radical (unpaired) electrons. The molecule has 5 rings (SSSR count). The van der Waals surface area contributed by atoms with Crippen LogP contribution in [0.4, 0.5) is 0 Å². The molecular weight excluding hydrogens is 388 g/mol. The number of nitriles is 1. The zero-order valence-electron chi connectivity index (χ0n) is 17.0. The number of H-pyrrole nitrogens is 1. The largest absolute Gasteiger partial charge is 0.348 e. The van der Waals surface area contributed by atoms with E-state index in [0.29, 0.717) is 5.56 Å². The average molecular weight is 410 g/mol. The Labute approximate surface area is 179 Å². The minimum Gasteiger partial charge on any atom is -0.298 e. The zero-order chi connectivity index (χ0) is 21.2. The number of fused-ring (bicyclic) bond motifs is 1. The van der Waals surface area contributed by atoms with Gasteiger partial charge in [-0.2, -0.15) is 9.94 Å². The van der Waals surface area contributed by atoms with Crippen LogP contribution in [0.15, 0.2) is 65.7 Å². The third-order valence-corrected chi connectivity index (χ3v) is 5.90. The summed E-state index contributed by atoms with van der Waals surface area (Å²) in [5.74, 6) is 0.915. The van der Waals surface area contributed by atoms with Crippen LogP contribution in [-0.4, -0.2) is 37.7 Å². The lowest BCUT2D eigenvalue weighted by atomic mass is 9.97. The number of nitrogens with zero attached hydrogens (tertiary/aromatic N) is 5. The summed E-state index contributed by atoms with van der Waals surface area (Å²) in [4.78, 5) is 22.3. The van der Waals surface area contributed by atoms with Gasteiger partial charge in [0.2, 0.25) is 0 Å². The van der Waals surface area contributed by atoms with Crippen molar-refractivity contribution < 1.29 is 0 Å². The third-order valence-electron chi connectivity index (χ3n) is 5.90. The minimum atomic E-state index is -0.219. The Morgan fingerprint density at radius 3 is 2.87 bits per heavy atom. The normalized spacial score (nSPS) is 16.9. The van der Waals surface area contributed by atoms with E-state index in [9.17, 15) is 4.79 Å². The Bertz CT molecular complexity index is 1310. The first kappa shape index (κ1) is 19.2. The number of pyridine rings is 1. The maximum absolute atomic E-state index is 12.7. The van der Waals surface area contributed by atoms with Crippen molar-refractivity contribution >= 4 is 10.8 Å². The monoisotopic (exact) mass is 410 g/mol. The highest BCUT2D eigenvalue weighted by molar-refractivity contribution is 5.89. The number of aromatic nitrogens is 4. The van der Waals surface area contributed by atoms with E-state index in [4.69, 9.17) is 5.26 Å². The van der Waals surface area contributed by atoms with Crippen LogP contribution >= 0.6 is 0 Å². The summed E-state index contributed by atoms with van der Waals surface area (Å²) in [6, 6.07) is 17.6. The summed E-state index contributed by atoms with van der Waals surface area (Å²) < 4.78 is 1.47. The second-order valence-corrected chi connectivity index (χ2v) is 7.98. The van der Waals surface area contributed by atoms with E-state index in [1.165, 1.54) is 10.2 Å². The molecule has 0 bridgehead atoms. The van der Waals surface area contributed by atoms with Crippen molar-refractivity contribution in [3.05, 3.63) is 88.4 Å². The summed E-state index contributed by atoms with van der Waals surface area (Å²) in [7, 11) is 0. The molecule has 1 saturated heterocycles. The molecule has 7 heteroatoms. The smallest absolute Gasteiger partial charge is 0.298 e. The molecular formula is C24H22N6O. The first-order valence-corrected chi connectivity index (χ1v) is 10.4. The van der Waals surface area contributed by atoms with Crippen LogP contribution in [0.3, 0.4) is 0 Å². The van der Waals surface area contributed by atoms with Gasteiger partial charge < -0.3 is 0 Å². The van der Waals surface area contributed by atoms with E-state index in [0.717, 1.165) is 54.8 Å². The fourth-order valence-electron chi connectivity index (χ4n) is 4.34. The Morgan fingerprint density at radius 2 is 2.03 bits per heavy atom. The molecule has 1 unspecified atom stereocenters. The fourth-order valence-corrected chi connectivity index (χ4v) is 4.34. The summed E-state index contributed by atoms with van der Waals surface area (Å²) >= 11 is 0. The van der Waals surface area contributed by atoms with Crippen LogP contribution in [0.25, 0.3) is 16.5 Å². The van der Waals surface area contributed by atoms with Crippen molar-refractivity contribution in [2.75, 3.05) is 13.1 Å². The number of nitrogens with one attached hydrogen (secondary N) is 1. The van der Waals surface area contributed by atoms with Crippen molar-refractivity contribution in [2.24, 2.45) is 0 Å². The number of hydrogen-bond acceptors (Lipinski definition) is 5. The second-order valence-electron chi connectivity index (χ2n) is 7.98. The standard InChI is InChI=1S/C24H22N6O/c25-13-17-6-8-18(9-7-17)15-29-12-2-4-20(16-29)23-27-24(31)30(28-23)22-5-1-3-19-14-26-11-10-21(19)22/h1,3,5-11,14,20H,2,4,12,15-16H2,(H,27,28,31). The molecule has 1 N–H and O–H groups in total. The Hall–Kier alpha value is -3.76. The summed E-state index contributed by atoms with van der Waals surface area (Å²) in [5, 5.41) is 15.6. The summed E-state index contributed by atoms with van der Waals surface area (Å²) in [6.07, 6.45) is 5.57. The molecule has 0 aliphatic carbocycles. The van der Waals surface area contributed by atoms with Crippen LogP contribution in [-0.2, 0) is 6.54 Å². The number of likely N-dealkylation sites (tertiary alicyclic amines) is 1. The second kappa shape index (κ2) is 8.17. The van der Waals surface area contributed by atoms with Crippen molar-refractivity contribution in [1.29, 1.82) is 5.26 Å². The number of hydrogen-bond donors (Lipinski definition) is 1. The maximum atomic E-state index is 12.7. The van der Waals surface area contributed by atoms with Crippen molar-refractivity contribution in [2.45, 2.75) is 25.3 Å². The summed E-state index contributed by atoms with van der Waals surface area (Å²) in [6.45, 7) is 2.67. The van der Waals surface area contributed by atoms with Gasteiger partial charge in [0.05, 0.1) is 17.3 Å². The van der Waals surface area contributed by atoms with Gasteiger partial charge in [-0.05, 0) is 49.2 Å². The molecule has 154 valence electrons. The first-order chi connectivity index (χ1) is 15.2. The predicted octanol–water partition coefficient (Wildman–Crippen LogP) is 3.36. The van der Waals surface area contributed by atoms with E-state index < -0.39 is 0 Å². The van der Waals surface area contributed by atoms with Crippen molar-refractivity contribution in [1.82, 2.24) is 24.6 Å². The molecule has 3 heterocycles. The van der Waals surface area contributed by atoms with E-state index in [-0.39, 0.29) is 11.6 Å². The number of benzene rings is 2. The highest BCUT2D eigenvalue weighted by atomic mass is 16.1. The summed E-state index contributed by atoms with van der Waals surface area (Å²) in [5.41, 5.74) is 2.40. The fraction of sp³-hybridized carbons (Fsp3) is 0.250. The van der Waals surface area contributed by atoms with Crippen LogP contribution in [0, 0.1) is 11.3 Å². The van der Waals surface area contributed by atoms with Gasteiger partial charge in [0.25, 0.3) is 0 Å². The quantitative estimate of drug-likeness (QED) is 0.557. The Morgan fingerprint density at radius 1 is 1.16 bits per heavy atom. The van der Waals surface area contributed by atoms with Gasteiger partial charge in [-0.3, -0.25) is 14.9 Å². The van der Waals surface area contributed by atoms with Gasteiger partial charge in [0.1, 0.15) is 5.82 Å². The number of piperidine rings is 1. The van der Waals surface area contributed by atoms with Crippen LogP contribution in [0.5, 0.6) is 0 Å². The molecule has 1 aliphatic heterocycles. The molecule has 1 aliphatic rings. The highest BCUT2D eigenvalue weighted by Crippen LogP contribution is 2.26. The molecule has 7 nitrogen and oxygen atoms in total. The van der Waals surface area contributed by atoms with Gasteiger partial charge >= 0.3 is 5.69 Å². The van der Waals surface area contributed by atoms with E-state index in [1.54, 1.807) is 12.4 Å². The van der Waals surface area contributed by atoms with E-state index in [1.807, 2.05) is 48.5 Å². The Kier molecular flexibility index (Phi) is 5.06. The Balaban J connectivity index is 1.38. The zero-order valence-corrected chi connectivity index (χ0v) is 17.0. The molecule has 1 fully saturated rings. The molecule has 4 aromatic rings. The molecule has 1 atom stereocenters. The van der Waals surface area contributed by atoms with Crippen LogP contribution < -0.4 is 5.69 Å². The van der Waals surface area contributed by atoms with E-state index in [2.05, 4.69) is 26.0 Å². The van der Waals surface area contributed by atoms with Crippen molar-refractivity contribution in [3.8, 4) is 11.8 Å². The van der Waals surface area contributed by atoms with Gasteiger partial charge in [-0.1, -0.05) is 24.3 Å². The topological polar surface area (TPSA) is 90.6 Å². The SMILES string of the molecule is N#Cc1ccc(CN2CCCC(c3nn(-c4cccc5cnccc45)c(=O)[nH]3)C2)cc1. The molecule has 2 aromatic heterocycles. The lowest BCUT2D eigenvalue weighted by Crippen LogP contribution is -2.34. The van der Waals surface area contributed by atoms with Crippen molar-refractivity contribution in [3.63, 3.8) is 0 Å². The highest BCUT2D eigenvalue weighted by Gasteiger charge is 2.25. The van der Waals surface area contributed by atoms with Gasteiger partial charge in [-0.15, -0.1) is 5.10 Å². The molecule has 31 heavy (non-hydrogen) atoms. The first-order valence-electron chi connectivity index (χ1n) is 10.4. The van der Waals surface area contributed by atoms with Crippen LogP contribution in [0.1, 0.15) is 35.7 Å². The lowest BCUT2D eigenvalue weighted by Gasteiger charge is -2.31. The minimum absolute atomic E-state index is 0.178. The van der Waals surface area contributed by atoms with Gasteiger partial charge in [0, 0.05) is 42.2 Å². The molecule has 2 aromatic carbocycles. The molecule has 0 spiro atoms. The third kappa shape index (κ3) is 3.86. The van der Waals surface area contributed by atoms with Gasteiger partial charge in [-0.25, -0.2) is 4.79 Å². The van der Waals surface area contributed by atoms with E-state index >= 15 is 0 Å². The number of aromatic amines is 1. The average Bonchev–Trinajstić information content (AvgIpc) is 3.21. The maximum Gasteiger partial charge on any atom is 0.348 e. The predicted molar refractivity (Wildman–Crippen MR) is 118 cm³/mol.